The number of nitrogens with one attached hydrogen (secondary N) is 2. The number of rotatable bonds is 3. The maximum Gasteiger partial charge on any atom is 0.126 e. The smallest absolute Gasteiger partial charge is 0.126 e. The molecule has 0 saturated heterocycles. The first-order valence-corrected chi connectivity index (χ1v) is 6.62. The van der Waals surface area contributed by atoms with Gasteiger partial charge in [0.2, 0.25) is 0 Å². The van der Waals surface area contributed by atoms with E-state index < -0.39 is 0 Å². The van der Waals surface area contributed by atoms with E-state index in [9.17, 15) is 0 Å². The summed E-state index contributed by atoms with van der Waals surface area (Å²) in [5, 5.41) is 7.48. The quantitative estimate of drug-likeness (QED) is 0.876. The molecule has 0 unspecified atom stereocenters. The molecule has 0 aromatic carbocycles. The van der Waals surface area contributed by atoms with E-state index in [1.54, 1.807) is 6.20 Å². The van der Waals surface area contributed by atoms with Gasteiger partial charge in [0.25, 0.3) is 0 Å². The average Bonchev–Trinajstić information content (AvgIpc) is 2.15. The van der Waals surface area contributed by atoms with Gasteiger partial charge in [-0.05, 0) is 53.2 Å². The van der Waals surface area contributed by atoms with Gasteiger partial charge in [-0.1, -0.05) is 11.6 Å². The standard InChI is InChI=1S/C14H24ClN3/c1-13(2,3)17-8-10-7-12(16-9-11(10)15)18-14(4,5)6/h7,9,17H,8H2,1-6H3,(H,16,18). The fourth-order valence-corrected chi connectivity index (χ4v) is 1.60. The highest BCUT2D eigenvalue weighted by Crippen LogP contribution is 2.20. The van der Waals surface area contributed by atoms with E-state index in [4.69, 9.17) is 11.6 Å². The molecule has 4 heteroatoms. The normalized spacial score (nSPS) is 12.6. The zero-order valence-corrected chi connectivity index (χ0v) is 12.9. The number of aromatic nitrogens is 1. The number of halogens is 1. The Labute approximate surface area is 115 Å². The number of hydrogen-bond donors (Lipinski definition) is 2. The van der Waals surface area contributed by atoms with E-state index in [1.807, 2.05) is 6.07 Å². The Morgan fingerprint density at radius 1 is 1.11 bits per heavy atom. The lowest BCUT2D eigenvalue weighted by molar-refractivity contribution is 0.424. The Hall–Kier alpha value is -0.800. The van der Waals surface area contributed by atoms with E-state index >= 15 is 0 Å². The van der Waals surface area contributed by atoms with Gasteiger partial charge in [0.05, 0.1) is 5.02 Å². The molecule has 3 nitrogen and oxygen atoms in total. The van der Waals surface area contributed by atoms with Crippen molar-refractivity contribution in [3.8, 4) is 0 Å². The van der Waals surface area contributed by atoms with Crippen LogP contribution in [0.5, 0.6) is 0 Å². The summed E-state index contributed by atoms with van der Waals surface area (Å²) in [6.07, 6.45) is 1.70. The number of pyridine rings is 1. The second-order valence-electron chi connectivity index (χ2n) is 6.64. The third kappa shape index (κ3) is 5.69. The minimum atomic E-state index is -0.00441. The maximum atomic E-state index is 6.17. The lowest BCUT2D eigenvalue weighted by atomic mass is 10.1. The topological polar surface area (TPSA) is 37.0 Å². The predicted octanol–water partition coefficient (Wildman–Crippen LogP) is 3.83. The molecule has 0 saturated carbocycles. The number of anilines is 1. The van der Waals surface area contributed by atoms with Crippen LogP contribution in [-0.4, -0.2) is 16.1 Å². The molecule has 0 fully saturated rings. The van der Waals surface area contributed by atoms with Crippen molar-refractivity contribution in [2.45, 2.75) is 59.2 Å². The van der Waals surface area contributed by atoms with Crippen molar-refractivity contribution >= 4 is 17.4 Å². The molecule has 0 bridgehead atoms. The summed E-state index contributed by atoms with van der Waals surface area (Å²) in [6.45, 7) is 13.5. The van der Waals surface area contributed by atoms with Crippen molar-refractivity contribution in [3.63, 3.8) is 0 Å². The third-order valence-corrected chi connectivity index (χ3v) is 2.59. The highest BCUT2D eigenvalue weighted by atomic mass is 35.5. The summed E-state index contributed by atoms with van der Waals surface area (Å²) < 4.78 is 0. The van der Waals surface area contributed by atoms with Crippen LogP contribution < -0.4 is 10.6 Å². The molecule has 102 valence electrons. The summed E-state index contributed by atoms with van der Waals surface area (Å²) >= 11 is 6.17. The molecule has 2 N–H and O–H groups in total. The van der Waals surface area contributed by atoms with E-state index in [2.05, 4.69) is 57.2 Å². The average molecular weight is 270 g/mol. The summed E-state index contributed by atoms with van der Waals surface area (Å²) in [7, 11) is 0. The summed E-state index contributed by atoms with van der Waals surface area (Å²) in [5.41, 5.74) is 1.13. The van der Waals surface area contributed by atoms with Gasteiger partial charge in [-0.25, -0.2) is 4.98 Å². The molecule has 0 atom stereocenters. The van der Waals surface area contributed by atoms with E-state index in [0.717, 1.165) is 17.9 Å². The predicted molar refractivity (Wildman–Crippen MR) is 79.2 cm³/mol. The molecular formula is C14H24ClN3. The van der Waals surface area contributed by atoms with Crippen molar-refractivity contribution in [1.29, 1.82) is 0 Å². The Balaban J connectivity index is 2.82. The molecule has 0 aliphatic heterocycles. The molecule has 1 heterocycles. The maximum absolute atomic E-state index is 6.17. The second-order valence-corrected chi connectivity index (χ2v) is 7.05. The molecular weight excluding hydrogens is 246 g/mol. The van der Waals surface area contributed by atoms with Crippen molar-refractivity contribution in [1.82, 2.24) is 10.3 Å². The van der Waals surface area contributed by atoms with E-state index in [0.29, 0.717) is 5.02 Å². The molecule has 18 heavy (non-hydrogen) atoms. The Bertz CT molecular complexity index is 402. The third-order valence-electron chi connectivity index (χ3n) is 2.25. The molecule has 0 aliphatic rings. The molecule has 0 spiro atoms. The zero-order valence-electron chi connectivity index (χ0n) is 12.2. The van der Waals surface area contributed by atoms with Gasteiger partial charge in [-0.15, -0.1) is 0 Å². The van der Waals surface area contributed by atoms with Crippen molar-refractivity contribution in [2.75, 3.05) is 5.32 Å². The van der Waals surface area contributed by atoms with Gasteiger partial charge in [-0.3, -0.25) is 0 Å². The summed E-state index contributed by atoms with van der Waals surface area (Å²) in [5.74, 6) is 0.859. The first-order chi connectivity index (χ1) is 8.07. The lowest BCUT2D eigenvalue weighted by Gasteiger charge is -2.23. The molecule has 0 radical (unpaired) electrons. The molecule has 1 aromatic rings. The van der Waals surface area contributed by atoms with Crippen LogP contribution in [0.1, 0.15) is 47.1 Å². The van der Waals surface area contributed by atoms with Gasteiger partial charge in [0.15, 0.2) is 0 Å². The summed E-state index contributed by atoms with van der Waals surface area (Å²) in [6, 6.07) is 2.01. The van der Waals surface area contributed by atoms with Gasteiger partial charge in [0, 0.05) is 23.8 Å². The minimum absolute atomic E-state index is 0.00441. The monoisotopic (exact) mass is 269 g/mol. The van der Waals surface area contributed by atoms with Crippen LogP contribution in [0.4, 0.5) is 5.82 Å². The van der Waals surface area contributed by atoms with Gasteiger partial charge in [0.1, 0.15) is 5.82 Å². The van der Waals surface area contributed by atoms with Crippen LogP contribution in [-0.2, 0) is 6.54 Å². The molecule has 1 aromatic heterocycles. The highest BCUT2D eigenvalue weighted by molar-refractivity contribution is 6.31. The SMILES string of the molecule is CC(C)(C)NCc1cc(NC(C)(C)C)ncc1Cl. The Morgan fingerprint density at radius 2 is 1.72 bits per heavy atom. The zero-order chi connectivity index (χ0) is 14.0. The first-order valence-electron chi connectivity index (χ1n) is 6.24. The summed E-state index contributed by atoms with van der Waals surface area (Å²) in [4.78, 5) is 4.30. The minimum Gasteiger partial charge on any atom is -0.365 e. The van der Waals surface area contributed by atoms with Crippen molar-refractivity contribution in [2.24, 2.45) is 0 Å². The largest absolute Gasteiger partial charge is 0.365 e. The molecule has 0 amide bonds. The first kappa shape index (κ1) is 15.3. The fourth-order valence-electron chi connectivity index (χ4n) is 1.43. The van der Waals surface area contributed by atoms with Crippen LogP contribution in [0.3, 0.4) is 0 Å². The Kier molecular flexibility index (Phi) is 4.62. The fraction of sp³-hybridized carbons (Fsp3) is 0.643. The number of nitrogens with zero attached hydrogens (tertiary/aromatic N) is 1. The van der Waals surface area contributed by atoms with Crippen LogP contribution in [0.25, 0.3) is 0 Å². The van der Waals surface area contributed by atoms with Crippen molar-refractivity contribution < 1.29 is 0 Å². The second kappa shape index (κ2) is 5.45. The number of hydrogen-bond acceptors (Lipinski definition) is 3. The van der Waals surface area contributed by atoms with Gasteiger partial charge >= 0.3 is 0 Å². The molecule has 1 rings (SSSR count). The van der Waals surface area contributed by atoms with E-state index in [-0.39, 0.29) is 11.1 Å². The van der Waals surface area contributed by atoms with Crippen LogP contribution >= 0.6 is 11.6 Å². The lowest BCUT2D eigenvalue weighted by Crippen LogP contribution is -2.35. The van der Waals surface area contributed by atoms with Crippen LogP contribution in [0, 0.1) is 0 Å². The molecule has 0 aliphatic carbocycles. The van der Waals surface area contributed by atoms with Crippen LogP contribution in [0.2, 0.25) is 5.02 Å². The Morgan fingerprint density at radius 3 is 2.22 bits per heavy atom. The van der Waals surface area contributed by atoms with Gasteiger partial charge in [-0.2, -0.15) is 0 Å². The van der Waals surface area contributed by atoms with E-state index in [1.165, 1.54) is 0 Å². The van der Waals surface area contributed by atoms with Gasteiger partial charge < -0.3 is 10.6 Å². The highest BCUT2D eigenvalue weighted by Gasteiger charge is 2.13. The van der Waals surface area contributed by atoms with Crippen molar-refractivity contribution in [3.05, 3.63) is 22.8 Å². The van der Waals surface area contributed by atoms with Crippen LogP contribution in [0.15, 0.2) is 12.3 Å².